The van der Waals surface area contributed by atoms with Crippen LogP contribution in [0, 0.1) is 0 Å². The first-order chi connectivity index (χ1) is 8.26. The fourth-order valence-electron chi connectivity index (χ4n) is 1.55. The van der Waals surface area contributed by atoms with Gasteiger partial charge in [0.1, 0.15) is 11.5 Å². The molecule has 96 valence electrons. The van der Waals surface area contributed by atoms with Gasteiger partial charge in [-0.2, -0.15) is 0 Å². The zero-order chi connectivity index (χ0) is 12.7. The molecule has 1 rings (SSSR count). The highest BCUT2D eigenvalue weighted by Gasteiger charge is 2.11. The number of alkyl halides is 1. The van der Waals surface area contributed by atoms with Crippen molar-refractivity contribution in [3.63, 3.8) is 0 Å². The lowest BCUT2D eigenvalue weighted by molar-refractivity contribution is 0.390. The highest BCUT2D eigenvalue weighted by Crippen LogP contribution is 2.35. The van der Waals surface area contributed by atoms with Crippen LogP contribution < -0.4 is 15.2 Å². The molecule has 0 amide bonds. The van der Waals surface area contributed by atoms with Gasteiger partial charge < -0.3 is 15.2 Å². The first-order valence-electron chi connectivity index (χ1n) is 5.40. The maximum absolute atomic E-state index is 12.2. The Morgan fingerprint density at radius 3 is 2.47 bits per heavy atom. The van der Waals surface area contributed by atoms with Crippen molar-refractivity contribution in [1.29, 1.82) is 0 Å². The molecule has 0 radical (unpaired) electrons. The third-order valence-electron chi connectivity index (χ3n) is 2.32. The lowest BCUT2D eigenvalue weighted by atomic mass is 10.1. The second-order valence-corrected chi connectivity index (χ2v) is 4.53. The third-order valence-corrected chi connectivity index (χ3v) is 3.30. The summed E-state index contributed by atoms with van der Waals surface area (Å²) in [5, 5.41) is 0. The summed E-state index contributed by atoms with van der Waals surface area (Å²) in [5.41, 5.74) is 6.55. The third kappa shape index (κ3) is 3.78. The molecule has 0 aliphatic heterocycles. The van der Waals surface area contributed by atoms with Gasteiger partial charge in [0.2, 0.25) is 0 Å². The maximum Gasteiger partial charge on any atom is 0.132 e. The van der Waals surface area contributed by atoms with Crippen molar-refractivity contribution in [2.24, 2.45) is 5.73 Å². The van der Waals surface area contributed by atoms with Crippen LogP contribution in [0.25, 0.3) is 0 Å². The van der Waals surface area contributed by atoms with E-state index in [1.54, 1.807) is 14.2 Å². The molecular formula is C12H18FNO2S. The number of rotatable bonds is 7. The number of benzene rings is 1. The van der Waals surface area contributed by atoms with Crippen LogP contribution in [0.1, 0.15) is 5.56 Å². The normalized spacial score (nSPS) is 10.4. The molecule has 0 saturated heterocycles. The van der Waals surface area contributed by atoms with Gasteiger partial charge in [0, 0.05) is 5.75 Å². The number of hydrogen-bond acceptors (Lipinski definition) is 4. The molecule has 0 unspecified atom stereocenters. The van der Waals surface area contributed by atoms with Crippen molar-refractivity contribution in [2.45, 2.75) is 11.3 Å². The smallest absolute Gasteiger partial charge is 0.132 e. The summed E-state index contributed by atoms with van der Waals surface area (Å²) in [4.78, 5) is 0.891. The van der Waals surface area contributed by atoms with Gasteiger partial charge in [-0.25, -0.2) is 0 Å². The molecule has 0 aromatic heterocycles. The minimum atomic E-state index is -0.360. The van der Waals surface area contributed by atoms with Crippen LogP contribution >= 0.6 is 11.8 Å². The number of nitrogens with two attached hydrogens (primary N) is 1. The lowest BCUT2D eigenvalue weighted by Crippen LogP contribution is -2.05. The number of thioether (sulfide) groups is 1. The van der Waals surface area contributed by atoms with Gasteiger partial charge >= 0.3 is 0 Å². The van der Waals surface area contributed by atoms with E-state index >= 15 is 0 Å². The van der Waals surface area contributed by atoms with Crippen molar-refractivity contribution >= 4 is 11.8 Å². The molecule has 0 bridgehead atoms. The van der Waals surface area contributed by atoms with Crippen molar-refractivity contribution in [2.75, 3.05) is 33.2 Å². The summed E-state index contributed by atoms with van der Waals surface area (Å²) in [7, 11) is 3.22. The van der Waals surface area contributed by atoms with E-state index in [-0.39, 0.29) is 6.67 Å². The lowest BCUT2D eigenvalue weighted by Gasteiger charge is -2.13. The largest absolute Gasteiger partial charge is 0.496 e. The fraction of sp³-hybridized carbons (Fsp3) is 0.500. The Hall–Kier alpha value is -0.940. The number of halogens is 1. The SMILES string of the molecule is COc1cc(SCCF)c(OC)cc1CCN. The summed E-state index contributed by atoms with van der Waals surface area (Å²) in [6.45, 7) is 0.192. The van der Waals surface area contributed by atoms with Gasteiger partial charge in [0.05, 0.1) is 25.8 Å². The van der Waals surface area contributed by atoms with E-state index in [9.17, 15) is 4.39 Å². The topological polar surface area (TPSA) is 44.5 Å². The van der Waals surface area contributed by atoms with Crippen molar-refractivity contribution in [3.8, 4) is 11.5 Å². The molecule has 3 nitrogen and oxygen atoms in total. The molecule has 17 heavy (non-hydrogen) atoms. The van der Waals surface area contributed by atoms with Crippen molar-refractivity contribution in [3.05, 3.63) is 17.7 Å². The first kappa shape index (κ1) is 14.1. The van der Waals surface area contributed by atoms with Crippen LogP contribution in [0.2, 0.25) is 0 Å². The predicted molar refractivity (Wildman–Crippen MR) is 69.0 cm³/mol. The zero-order valence-corrected chi connectivity index (χ0v) is 11.0. The molecule has 5 heteroatoms. The van der Waals surface area contributed by atoms with E-state index in [1.165, 1.54) is 11.8 Å². The fourth-order valence-corrected chi connectivity index (χ4v) is 2.32. The molecule has 0 aliphatic rings. The Morgan fingerprint density at radius 1 is 1.24 bits per heavy atom. The Morgan fingerprint density at radius 2 is 1.94 bits per heavy atom. The van der Waals surface area contributed by atoms with E-state index < -0.39 is 0 Å². The predicted octanol–water partition coefficient (Wildman–Crippen LogP) is 2.27. The van der Waals surface area contributed by atoms with Gasteiger partial charge in [0.25, 0.3) is 0 Å². The molecule has 1 aromatic rings. The molecule has 0 saturated carbocycles. The summed E-state index contributed by atoms with van der Waals surface area (Å²) in [6.07, 6.45) is 0.730. The molecule has 0 spiro atoms. The van der Waals surface area contributed by atoms with Crippen LogP contribution in [0.15, 0.2) is 17.0 Å². The average Bonchev–Trinajstić information content (AvgIpc) is 2.36. The average molecular weight is 259 g/mol. The summed E-state index contributed by atoms with van der Waals surface area (Å²) < 4.78 is 22.8. The van der Waals surface area contributed by atoms with E-state index in [2.05, 4.69) is 0 Å². The quantitative estimate of drug-likeness (QED) is 0.763. The van der Waals surface area contributed by atoms with Crippen LogP contribution in [0.5, 0.6) is 11.5 Å². The molecule has 0 fully saturated rings. The van der Waals surface area contributed by atoms with E-state index in [4.69, 9.17) is 15.2 Å². The number of ether oxygens (including phenoxy) is 2. The van der Waals surface area contributed by atoms with E-state index in [1.807, 2.05) is 12.1 Å². The molecule has 0 atom stereocenters. The highest BCUT2D eigenvalue weighted by molar-refractivity contribution is 7.99. The van der Waals surface area contributed by atoms with Crippen LogP contribution in [-0.4, -0.2) is 33.2 Å². The molecule has 2 N–H and O–H groups in total. The Kier molecular flexibility index (Phi) is 6.15. The first-order valence-corrected chi connectivity index (χ1v) is 6.39. The van der Waals surface area contributed by atoms with E-state index in [0.29, 0.717) is 12.3 Å². The minimum Gasteiger partial charge on any atom is -0.496 e. The number of hydrogen-bond donors (Lipinski definition) is 1. The standard InChI is InChI=1S/C12H18FNO2S/c1-15-10-8-12(17-6-4-13)11(16-2)7-9(10)3-5-14/h7-8H,3-6,14H2,1-2H3. The van der Waals surface area contributed by atoms with Crippen molar-refractivity contribution in [1.82, 2.24) is 0 Å². The van der Waals surface area contributed by atoms with E-state index in [0.717, 1.165) is 28.4 Å². The van der Waals surface area contributed by atoms with Gasteiger partial charge in [-0.15, -0.1) is 11.8 Å². The number of methoxy groups -OCH3 is 2. The second-order valence-electron chi connectivity index (χ2n) is 3.39. The molecular weight excluding hydrogens is 241 g/mol. The van der Waals surface area contributed by atoms with Gasteiger partial charge in [-0.1, -0.05) is 0 Å². The Balaban J connectivity index is 3.04. The van der Waals surface area contributed by atoms with Gasteiger partial charge in [-0.05, 0) is 30.7 Å². The Bertz CT molecular complexity index is 361. The second kappa shape index (κ2) is 7.40. The summed E-state index contributed by atoms with van der Waals surface area (Å²) in [5.74, 6) is 1.93. The van der Waals surface area contributed by atoms with Crippen LogP contribution in [-0.2, 0) is 6.42 Å². The van der Waals surface area contributed by atoms with Gasteiger partial charge in [0.15, 0.2) is 0 Å². The van der Waals surface area contributed by atoms with Gasteiger partial charge in [-0.3, -0.25) is 4.39 Å². The molecule has 1 aromatic carbocycles. The summed E-state index contributed by atoms with van der Waals surface area (Å²) in [6, 6.07) is 3.79. The molecule has 0 aliphatic carbocycles. The zero-order valence-electron chi connectivity index (χ0n) is 10.2. The summed E-state index contributed by atoms with van der Waals surface area (Å²) >= 11 is 1.42. The Labute approximate surface area is 105 Å². The monoisotopic (exact) mass is 259 g/mol. The minimum absolute atomic E-state index is 0.360. The van der Waals surface area contributed by atoms with Crippen molar-refractivity contribution < 1.29 is 13.9 Å². The van der Waals surface area contributed by atoms with Crippen LogP contribution in [0.4, 0.5) is 4.39 Å². The highest BCUT2D eigenvalue weighted by atomic mass is 32.2. The van der Waals surface area contributed by atoms with Crippen LogP contribution in [0.3, 0.4) is 0 Å². The maximum atomic E-state index is 12.2. The molecule has 0 heterocycles.